The number of nitriles is 1. The van der Waals surface area contributed by atoms with E-state index in [2.05, 4.69) is 22.0 Å². The molecular formula is C22H13BrCl2FNO. The predicted octanol–water partition coefficient (Wildman–Crippen LogP) is 7.54. The van der Waals surface area contributed by atoms with Crippen LogP contribution < -0.4 is 4.74 Å². The van der Waals surface area contributed by atoms with Gasteiger partial charge in [0.1, 0.15) is 18.2 Å². The third-order valence-electron chi connectivity index (χ3n) is 3.92. The van der Waals surface area contributed by atoms with Crippen molar-refractivity contribution in [3.63, 3.8) is 0 Å². The average Bonchev–Trinajstić information content (AvgIpc) is 2.67. The van der Waals surface area contributed by atoms with Gasteiger partial charge in [0.15, 0.2) is 0 Å². The van der Waals surface area contributed by atoms with E-state index in [-0.39, 0.29) is 12.4 Å². The molecule has 0 atom stereocenters. The molecule has 3 aromatic carbocycles. The number of halogens is 4. The van der Waals surface area contributed by atoms with Crippen LogP contribution >= 0.6 is 39.1 Å². The molecule has 0 heterocycles. The Morgan fingerprint density at radius 2 is 1.82 bits per heavy atom. The van der Waals surface area contributed by atoms with Crippen molar-refractivity contribution in [2.75, 3.05) is 0 Å². The molecule has 0 N–H and O–H groups in total. The van der Waals surface area contributed by atoms with Gasteiger partial charge in [-0.15, -0.1) is 0 Å². The van der Waals surface area contributed by atoms with E-state index < -0.39 is 0 Å². The number of hydrogen-bond acceptors (Lipinski definition) is 2. The summed E-state index contributed by atoms with van der Waals surface area (Å²) in [5, 5.41) is 10.5. The van der Waals surface area contributed by atoms with Crippen molar-refractivity contribution in [2.45, 2.75) is 6.61 Å². The van der Waals surface area contributed by atoms with E-state index in [9.17, 15) is 9.65 Å². The van der Waals surface area contributed by atoms with Crippen molar-refractivity contribution in [1.29, 1.82) is 5.26 Å². The molecule has 0 saturated heterocycles. The highest BCUT2D eigenvalue weighted by molar-refractivity contribution is 9.10. The van der Waals surface area contributed by atoms with Crippen LogP contribution in [0.3, 0.4) is 0 Å². The topological polar surface area (TPSA) is 33.0 Å². The number of allylic oxidation sites excluding steroid dienone is 1. The summed E-state index contributed by atoms with van der Waals surface area (Å²) in [6.07, 6.45) is 1.71. The lowest BCUT2D eigenvalue weighted by Gasteiger charge is -2.11. The highest BCUT2D eigenvalue weighted by Crippen LogP contribution is 2.32. The molecule has 3 aromatic rings. The monoisotopic (exact) mass is 475 g/mol. The van der Waals surface area contributed by atoms with Gasteiger partial charge in [0.2, 0.25) is 0 Å². The summed E-state index contributed by atoms with van der Waals surface area (Å²) in [6.45, 7) is 0.270. The molecule has 2 nitrogen and oxygen atoms in total. The number of ether oxygens (including phenoxy) is 1. The lowest BCUT2D eigenvalue weighted by molar-refractivity contribution is 0.305. The molecule has 0 amide bonds. The first kappa shape index (κ1) is 20.4. The molecule has 0 spiro atoms. The maximum absolute atomic E-state index is 13.1. The fourth-order valence-electron chi connectivity index (χ4n) is 2.54. The summed E-state index contributed by atoms with van der Waals surface area (Å²) in [4.78, 5) is 0. The first-order valence-electron chi connectivity index (χ1n) is 8.20. The summed E-state index contributed by atoms with van der Waals surface area (Å²) in [5.74, 6) is 0.292. The van der Waals surface area contributed by atoms with Gasteiger partial charge in [0.05, 0.1) is 16.7 Å². The summed E-state index contributed by atoms with van der Waals surface area (Å²) in [5.41, 5.74) is 2.50. The van der Waals surface area contributed by atoms with Crippen LogP contribution in [0, 0.1) is 17.1 Å². The van der Waals surface area contributed by atoms with Crippen LogP contribution in [0.15, 0.2) is 65.1 Å². The Hall–Kier alpha value is -2.32. The van der Waals surface area contributed by atoms with Crippen LogP contribution in [-0.4, -0.2) is 0 Å². The molecule has 0 aliphatic carbocycles. The molecule has 0 bridgehead atoms. The van der Waals surface area contributed by atoms with E-state index >= 15 is 0 Å². The molecule has 28 heavy (non-hydrogen) atoms. The third-order valence-corrected chi connectivity index (χ3v) is 4.96. The molecule has 0 unspecified atom stereocenters. The quantitative estimate of drug-likeness (QED) is 0.281. The van der Waals surface area contributed by atoms with Gasteiger partial charge >= 0.3 is 0 Å². The molecule has 0 saturated carbocycles. The van der Waals surface area contributed by atoms with E-state index in [4.69, 9.17) is 27.9 Å². The molecule has 140 valence electrons. The van der Waals surface area contributed by atoms with E-state index in [1.165, 1.54) is 12.1 Å². The summed E-state index contributed by atoms with van der Waals surface area (Å²) in [7, 11) is 0. The maximum atomic E-state index is 13.1. The Morgan fingerprint density at radius 1 is 1.07 bits per heavy atom. The van der Waals surface area contributed by atoms with Crippen molar-refractivity contribution in [3.05, 3.63) is 97.7 Å². The highest BCUT2D eigenvalue weighted by Gasteiger charge is 2.10. The van der Waals surface area contributed by atoms with Crippen LogP contribution in [-0.2, 0) is 6.61 Å². The minimum atomic E-state index is -0.297. The first-order chi connectivity index (χ1) is 13.5. The Balaban J connectivity index is 1.93. The van der Waals surface area contributed by atoms with Crippen LogP contribution in [0.4, 0.5) is 4.39 Å². The second kappa shape index (κ2) is 9.25. The van der Waals surface area contributed by atoms with Gasteiger partial charge in [0.25, 0.3) is 0 Å². The van der Waals surface area contributed by atoms with Gasteiger partial charge in [-0.2, -0.15) is 5.26 Å². The predicted molar refractivity (Wildman–Crippen MR) is 115 cm³/mol. The molecule has 0 fully saturated rings. The number of benzene rings is 3. The van der Waals surface area contributed by atoms with Crippen LogP contribution in [0.2, 0.25) is 10.0 Å². The molecular weight excluding hydrogens is 464 g/mol. The van der Waals surface area contributed by atoms with Crippen molar-refractivity contribution in [2.24, 2.45) is 0 Å². The van der Waals surface area contributed by atoms with E-state index in [0.717, 1.165) is 10.0 Å². The normalized spacial score (nSPS) is 11.2. The maximum Gasteiger partial charge on any atom is 0.127 e. The standard InChI is InChI=1S/C22H13BrCl2FNO/c23-17-3-8-22(28-13-14-1-5-19(26)6-2-14)15(10-17)9-16(12-27)20-7-4-18(24)11-21(20)25/h1-11H,13H2/b16-9+. The second-order valence-corrected chi connectivity index (χ2v) is 7.65. The second-order valence-electron chi connectivity index (χ2n) is 5.89. The van der Waals surface area contributed by atoms with E-state index in [1.54, 1.807) is 42.5 Å². The van der Waals surface area contributed by atoms with Crippen LogP contribution in [0.1, 0.15) is 16.7 Å². The highest BCUT2D eigenvalue weighted by atomic mass is 79.9. The fourth-order valence-corrected chi connectivity index (χ4v) is 3.43. The average molecular weight is 477 g/mol. The number of rotatable bonds is 5. The summed E-state index contributed by atoms with van der Waals surface area (Å²) >= 11 is 15.6. The van der Waals surface area contributed by atoms with Crippen LogP contribution in [0.25, 0.3) is 11.6 Å². The minimum absolute atomic E-state index is 0.270. The number of hydrogen-bond donors (Lipinski definition) is 0. The smallest absolute Gasteiger partial charge is 0.127 e. The van der Waals surface area contributed by atoms with Crippen molar-refractivity contribution >= 4 is 50.8 Å². The number of nitrogens with zero attached hydrogens (tertiary/aromatic N) is 1. The Kier molecular flexibility index (Phi) is 6.74. The molecule has 0 aliphatic rings. The molecule has 0 aliphatic heterocycles. The molecule has 0 radical (unpaired) electrons. The van der Waals surface area contributed by atoms with Gasteiger partial charge in [0, 0.05) is 20.6 Å². The van der Waals surface area contributed by atoms with E-state index in [0.29, 0.717) is 32.5 Å². The Bertz CT molecular complexity index is 1070. The van der Waals surface area contributed by atoms with Crippen molar-refractivity contribution in [1.82, 2.24) is 0 Å². The first-order valence-corrected chi connectivity index (χ1v) is 9.75. The minimum Gasteiger partial charge on any atom is -0.488 e. The lowest BCUT2D eigenvalue weighted by atomic mass is 10.0. The molecule has 3 rings (SSSR count). The largest absolute Gasteiger partial charge is 0.488 e. The Labute approximate surface area is 180 Å². The van der Waals surface area contributed by atoms with Gasteiger partial charge in [-0.25, -0.2) is 4.39 Å². The zero-order valence-electron chi connectivity index (χ0n) is 14.4. The summed E-state index contributed by atoms with van der Waals surface area (Å²) in [6, 6.07) is 18.8. The zero-order valence-corrected chi connectivity index (χ0v) is 17.5. The van der Waals surface area contributed by atoms with Gasteiger partial charge in [-0.3, -0.25) is 0 Å². The lowest BCUT2D eigenvalue weighted by Crippen LogP contribution is -1.97. The Morgan fingerprint density at radius 3 is 2.50 bits per heavy atom. The summed E-state index contributed by atoms with van der Waals surface area (Å²) < 4.78 is 19.8. The van der Waals surface area contributed by atoms with Crippen molar-refractivity contribution in [3.8, 4) is 11.8 Å². The molecule has 0 aromatic heterocycles. The fraction of sp³-hybridized carbons (Fsp3) is 0.0455. The van der Waals surface area contributed by atoms with E-state index in [1.807, 2.05) is 12.1 Å². The van der Waals surface area contributed by atoms with Gasteiger partial charge in [-0.05, 0) is 54.1 Å². The van der Waals surface area contributed by atoms with Crippen molar-refractivity contribution < 1.29 is 9.13 Å². The SMILES string of the molecule is N#C/C(=C\c1cc(Br)ccc1OCc1ccc(F)cc1)c1ccc(Cl)cc1Cl. The van der Waals surface area contributed by atoms with Gasteiger partial charge < -0.3 is 4.74 Å². The molecule has 6 heteroatoms. The zero-order chi connectivity index (χ0) is 20.1. The van der Waals surface area contributed by atoms with Gasteiger partial charge in [-0.1, -0.05) is 57.3 Å². The van der Waals surface area contributed by atoms with Crippen LogP contribution in [0.5, 0.6) is 5.75 Å². The third kappa shape index (κ3) is 5.14.